The molecule has 55 valence electrons. The minimum atomic E-state index is 0. The Hall–Kier alpha value is 0.233. The molecule has 1 rings (SSSR count). The fraction of sp³-hybridized carbons (Fsp3) is 0.222. The summed E-state index contributed by atoms with van der Waals surface area (Å²) in [7, 11) is 0. The third kappa shape index (κ3) is 4.11. The van der Waals surface area contributed by atoms with Gasteiger partial charge in [0.25, 0.3) is 0 Å². The van der Waals surface area contributed by atoms with Gasteiger partial charge in [-0.1, -0.05) is 13.8 Å². The molecule has 0 aliphatic carbocycles. The van der Waals surface area contributed by atoms with E-state index in [1.807, 2.05) is 0 Å². The molecule has 0 bridgehead atoms. The van der Waals surface area contributed by atoms with E-state index in [1.54, 1.807) is 0 Å². The van der Waals surface area contributed by atoms with Crippen LogP contribution in [0.5, 0.6) is 0 Å². The van der Waals surface area contributed by atoms with Crippen molar-refractivity contribution in [3.8, 4) is 0 Å². The largest absolute Gasteiger partial charge is 3.00 e. The number of hydrogen-bond acceptors (Lipinski definition) is 0. The van der Waals surface area contributed by atoms with Crippen LogP contribution in [0.2, 0.25) is 0 Å². The second-order valence-corrected chi connectivity index (χ2v) is 1.89. The van der Waals surface area contributed by atoms with Crippen LogP contribution in [0.3, 0.4) is 0 Å². The van der Waals surface area contributed by atoms with E-state index in [-0.39, 0.29) is 41.1 Å². The second kappa shape index (κ2) is 7.34. The Labute approximate surface area is 84.1 Å². The molecule has 0 saturated carbocycles. The Kier molecular flexibility index (Phi) is 12.2. The Morgan fingerprint density at radius 3 is 1.80 bits per heavy atom. The van der Waals surface area contributed by atoms with Crippen LogP contribution in [0.15, 0.2) is 18.2 Å². The van der Waals surface area contributed by atoms with Crippen LogP contribution in [-0.2, 0) is 26.2 Å². The molecule has 0 unspecified atom stereocenters. The van der Waals surface area contributed by atoms with Gasteiger partial charge in [0.05, 0.1) is 0 Å². The van der Waals surface area contributed by atoms with E-state index < -0.39 is 0 Å². The van der Waals surface area contributed by atoms with Gasteiger partial charge in [0.15, 0.2) is 0 Å². The van der Waals surface area contributed by atoms with Gasteiger partial charge < -0.3 is 14.9 Å². The molecule has 1 heteroatoms. The summed E-state index contributed by atoms with van der Waals surface area (Å²) in [6, 6.07) is 6.31. The minimum Gasteiger partial charge on any atom is -0.358 e. The zero-order valence-electron chi connectivity index (χ0n) is 7.23. The van der Waals surface area contributed by atoms with Gasteiger partial charge in [0, 0.05) is 0 Å². The van der Waals surface area contributed by atoms with Crippen molar-refractivity contribution < 1.29 is 26.2 Å². The predicted molar refractivity (Wildman–Crippen MR) is 44.3 cm³/mol. The Morgan fingerprint density at radius 1 is 1.20 bits per heavy atom. The molecule has 0 spiro atoms. The monoisotopic (exact) mass is 213 g/mol. The molecule has 0 heterocycles. The molecule has 1 aromatic carbocycles. The molecule has 0 N–H and O–H groups in total. The fourth-order valence-electron chi connectivity index (χ4n) is 0.600. The Morgan fingerprint density at radius 2 is 1.70 bits per heavy atom. The summed E-state index contributed by atoms with van der Waals surface area (Å²) in [5.41, 5.74) is 2.78. The molecule has 0 atom stereocenters. The molecule has 0 saturated heterocycles. The molecule has 0 fully saturated rings. The number of hydrogen-bond donors (Lipinski definition) is 0. The molecule has 1 radical (unpaired) electrons. The quantitative estimate of drug-likeness (QED) is 0.583. The SMILES string of the molecule is Cc1cc[cH-]c1C.[CH3-].[CH3-].[Zr+3]. The minimum absolute atomic E-state index is 0. The van der Waals surface area contributed by atoms with Crippen molar-refractivity contribution in [2.45, 2.75) is 13.8 Å². The van der Waals surface area contributed by atoms with Crippen molar-refractivity contribution in [3.05, 3.63) is 44.2 Å². The first-order valence-electron chi connectivity index (χ1n) is 2.49. The summed E-state index contributed by atoms with van der Waals surface area (Å²) >= 11 is 0. The average Bonchev–Trinajstić information content (AvgIpc) is 1.91. The molecule has 1 aromatic rings. The van der Waals surface area contributed by atoms with Crippen molar-refractivity contribution in [3.63, 3.8) is 0 Å². The summed E-state index contributed by atoms with van der Waals surface area (Å²) in [5, 5.41) is 0. The van der Waals surface area contributed by atoms with Crippen LogP contribution >= 0.6 is 0 Å². The maximum atomic E-state index is 2.12. The third-order valence-electron chi connectivity index (χ3n) is 1.31. The van der Waals surface area contributed by atoms with Crippen molar-refractivity contribution in [1.82, 2.24) is 0 Å². The molecule has 0 amide bonds. The van der Waals surface area contributed by atoms with E-state index in [4.69, 9.17) is 0 Å². The topological polar surface area (TPSA) is 0 Å². The van der Waals surface area contributed by atoms with Crippen LogP contribution in [0, 0.1) is 28.7 Å². The van der Waals surface area contributed by atoms with E-state index in [0.717, 1.165) is 0 Å². The summed E-state index contributed by atoms with van der Waals surface area (Å²) < 4.78 is 0. The molecule has 0 aliphatic heterocycles. The Balaban J connectivity index is -0.000000163. The number of aryl methyl sites for hydroxylation is 2. The van der Waals surface area contributed by atoms with Crippen molar-refractivity contribution >= 4 is 0 Å². The molecular weight excluding hydrogens is 199 g/mol. The van der Waals surface area contributed by atoms with Crippen LogP contribution in [0.1, 0.15) is 11.1 Å². The van der Waals surface area contributed by atoms with Crippen molar-refractivity contribution in [2.75, 3.05) is 0 Å². The van der Waals surface area contributed by atoms with Gasteiger partial charge in [-0.15, -0.1) is 0 Å². The summed E-state index contributed by atoms with van der Waals surface area (Å²) in [5.74, 6) is 0. The standard InChI is InChI=1S/C7H9.2CH3.Zr/c1-6-4-3-5-7(6)2;;;/h3-5H,1-2H3;2*1H3;/q3*-1;+3. The van der Waals surface area contributed by atoms with Crippen LogP contribution in [0.25, 0.3) is 0 Å². The predicted octanol–water partition coefficient (Wildman–Crippen LogP) is 2.92. The molecule has 0 aromatic heterocycles. The van der Waals surface area contributed by atoms with Gasteiger partial charge in [-0.25, -0.2) is 6.07 Å². The van der Waals surface area contributed by atoms with E-state index in [0.29, 0.717) is 0 Å². The van der Waals surface area contributed by atoms with Gasteiger partial charge in [-0.2, -0.15) is 23.3 Å². The van der Waals surface area contributed by atoms with Crippen LogP contribution in [0.4, 0.5) is 0 Å². The third-order valence-corrected chi connectivity index (χ3v) is 1.31. The summed E-state index contributed by atoms with van der Waals surface area (Å²) in [6.07, 6.45) is 0. The molecule has 0 aliphatic rings. The van der Waals surface area contributed by atoms with Gasteiger partial charge in [-0.05, 0) is 0 Å². The Bertz CT molecular complexity index is 137. The second-order valence-electron chi connectivity index (χ2n) is 1.89. The maximum Gasteiger partial charge on any atom is 3.00 e. The fourth-order valence-corrected chi connectivity index (χ4v) is 0.600. The van der Waals surface area contributed by atoms with E-state index >= 15 is 0 Å². The van der Waals surface area contributed by atoms with Gasteiger partial charge in [-0.3, -0.25) is 0 Å². The normalized spacial score (nSPS) is 6.60. The van der Waals surface area contributed by atoms with Gasteiger partial charge in [0.2, 0.25) is 0 Å². The summed E-state index contributed by atoms with van der Waals surface area (Å²) in [4.78, 5) is 0. The first-order chi connectivity index (χ1) is 3.30. The first-order valence-corrected chi connectivity index (χ1v) is 2.49. The summed E-state index contributed by atoms with van der Waals surface area (Å²) in [6.45, 7) is 4.24. The van der Waals surface area contributed by atoms with E-state index in [1.165, 1.54) is 11.1 Å². The zero-order chi connectivity index (χ0) is 5.28. The van der Waals surface area contributed by atoms with Crippen LogP contribution in [-0.4, -0.2) is 0 Å². The van der Waals surface area contributed by atoms with Crippen LogP contribution < -0.4 is 0 Å². The smallest absolute Gasteiger partial charge is 0.358 e. The molecular formula is C9H15Zr. The molecule has 10 heavy (non-hydrogen) atoms. The van der Waals surface area contributed by atoms with Crippen molar-refractivity contribution in [1.29, 1.82) is 0 Å². The first kappa shape index (κ1) is 16.7. The van der Waals surface area contributed by atoms with Gasteiger partial charge in [0.1, 0.15) is 0 Å². The van der Waals surface area contributed by atoms with Crippen molar-refractivity contribution in [2.24, 2.45) is 0 Å². The maximum absolute atomic E-state index is 2.12. The molecule has 0 nitrogen and oxygen atoms in total. The average molecular weight is 214 g/mol. The van der Waals surface area contributed by atoms with E-state index in [9.17, 15) is 0 Å². The van der Waals surface area contributed by atoms with Gasteiger partial charge >= 0.3 is 26.2 Å². The zero-order valence-corrected chi connectivity index (χ0v) is 9.69. The number of rotatable bonds is 0. The van der Waals surface area contributed by atoms with E-state index in [2.05, 4.69) is 32.0 Å².